The fourth-order valence-electron chi connectivity index (χ4n) is 2.52. The number of carbonyl (C=O) groups is 1. The van der Waals surface area contributed by atoms with Gasteiger partial charge in [0.1, 0.15) is 11.5 Å². The van der Waals surface area contributed by atoms with Crippen molar-refractivity contribution in [2.24, 2.45) is 0 Å². The quantitative estimate of drug-likeness (QED) is 0.612. The van der Waals surface area contributed by atoms with Crippen LogP contribution in [0.15, 0.2) is 57.4 Å². The average molecular weight is 401 g/mol. The van der Waals surface area contributed by atoms with E-state index in [9.17, 15) is 4.79 Å². The predicted molar refractivity (Wildman–Crippen MR) is 102 cm³/mol. The molecule has 0 unspecified atom stereocenters. The summed E-state index contributed by atoms with van der Waals surface area (Å²) in [5.74, 6) is 1.000. The number of benzene rings is 2. The maximum Gasteiger partial charge on any atom is 0.291 e. The molecule has 0 atom stereocenters. The number of hydrogen-bond donors (Lipinski definition) is 2. The number of amides is 1. The van der Waals surface area contributed by atoms with Crippen molar-refractivity contribution in [1.29, 1.82) is 0 Å². The van der Waals surface area contributed by atoms with Crippen LogP contribution in [0.4, 0.5) is 11.4 Å². The number of carbonyl (C=O) groups excluding carboxylic acids is 1. The highest BCUT2D eigenvalue weighted by Gasteiger charge is 2.15. The molecule has 0 saturated heterocycles. The van der Waals surface area contributed by atoms with E-state index in [-0.39, 0.29) is 11.7 Å². The number of anilines is 2. The zero-order valence-electron chi connectivity index (χ0n) is 13.8. The second-order valence-corrected chi connectivity index (χ2v) is 6.45. The van der Waals surface area contributed by atoms with Crippen molar-refractivity contribution in [2.75, 3.05) is 18.2 Å². The molecule has 3 rings (SSSR count). The molecule has 0 fully saturated rings. The van der Waals surface area contributed by atoms with Crippen molar-refractivity contribution < 1.29 is 13.9 Å². The summed E-state index contributed by atoms with van der Waals surface area (Å²) in [7, 11) is 1.53. The van der Waals surface area contributed by atoms with E-state index in [1.807, 2.05) is 25.1 Å². The lowest BCUT2D eigenvalue weighted by molar-refractivity contribution is 0.0997. The second kappa shape index (κ2) is 7.03. The molecule has 1 amide bonds. The van der Waals surface area contributed by atoms with E-state index in [1.165, 1.54) is 7.11 Å². The van der Waals surface area contributed by atoms with Crippen LogP contribution in [0.2, 0.25) is 0 Å². The lowest BCUT2D eigenvalue weighted by Gasteiger charge is -2.10. The van der Waals surface area contributed by atoms with Gasteiger partial charge in [-0.3, -0.25) is 4.79 Å². The molecule has 6 heteroatoms. The number of nitrogen functional groups attached to an aromatic ring is 1. The highest BCUT2D eigenvalue weighted by atomic mass is 79.9. The van der Waals surface area contributed by atoms with E-state index in [1.54, 1.807) is 30.3 Å². The fraction of sp³-hybridized carbons (Fsp3) is 0.105. The van der Waals surface area contributed by atoms with Crippen molar-refractivity contribution in [3.05, 3.63) is 64.3 Å². The van der Waals surface area contributed by atoms with Gasteiger partial charge in [0.15, 0.2) is 5.76 Å². The molecule has 1 heterocycles. The van der Waals surface area contributed by atoms with Gasteiger partial charge in [0.2, 0.25) is 0 Å². The Kier molecular flexibility index (Phi) is 4.81. The lowest BCUT2D eigenvalue weighted by atomic mass is 10.1. The van der Waals surface area contributed by atoms with E-state index in [0.29, 0.717) is 22.9 Å². The van der Waals surface area contributed by atoms with Crippen LogP contribution in [0.5, 0.6) is 5.75 Å². The first-order chi connectivity index (χ1) is 12.0. The van der Waals surface area contributed by atoms with Gasteiger partial charge in [0.25, 0.3) is 5.91 Å². The molecule has 0 bridgehead atoms. The first-order valence-electron chi connectivity index (χ1n) is 7.59. The predicted octanol–water partition coefficient (Wildman–Crippen LogP) is 4.86. The third-order valence-corrected chi connectivity index (χ3v) is 4.25. The molecule has 0 aliphatic carbocycles. The van der Waals surface area contributed by atoms with Gasteiger partial charge < -0.3 is 20.2 Å². The fourth-order valence-corrected chi connectivity index (χ4v) is 2.99. The molecule has 0 radical (unpaired) electrons. The number of ether oxygens (including phenoxy) is 1. The van der Waals surface area contributed by atoms with Gasteiger partial charge in [-0.25, -0.2) is 0 Å². The number of rotatable bonds is 4. The summed E-state index contributed by atoms with van der Waals surface area (Å²) in [4.78, 5) is 12.5. The molecule has 0 saturated carbocycles. The highest BCUT2D eigenvalue weighted by Crippen LogP contribution is 2.30. The molecule has 25 heavy (non-hydrogen) atoms. The van der Waals surface area contributed by atoms with E-state index >= 15 is 0 Å². The smallest absolute Gasteiger partial charge is 0.291 e. The molecule has 0 spiro atoms. The van der Waals surface area contributed by atoms with Crippen molar-refractivity contribution in [1.82, 2.24) is 0 Å². The molecule has 2 aromatic carbocycles. The Labute approximate surface area is 153 Å². The summed E-state index contributed by atoms with van der Waals surface area (Å²) in [6.45, 7) is 1.99. The molecular formula is C19H17BrN2O3. The van der Waals surface area contributed by atoms with Crippen LogP contribution in [-0.2, 0) is 0 Å². The molecule has 0 aliphatic rings. The monoisotopic (exact) mass is 400 g/mol. The Balaban J connectivity index is 1.85. The normalized spacial score (nSPS) is 10.5. The molecule has 1 aromatic heterocycles. The maximum absolute atomic E-state index is 12.5. The number of furan rings is 1. The van der Waals surface area contributed by atoms with Gasteiger partial charge in [-0.15, -0.1) is 0 Å². The number of hydrogen-bond acceptors (Lipinski definition) is 4. The molecular weight excluding hydrogens is 384 g/mol. The summed E-state index contributed by atoms with van der Waals surface area (Å²) in [6, 6.07) is 14.3. The van der Waals surface area contributed by atoms with Crippen LogP contribution in [0, 0.1) is 6.92 Å². The number of halogens is 1. The van der Waals surface area contributed by atoms with Gasteiger partial charge in [0.05, 0.1) is 12.8 Å². The zero-order chi connectivity index (χ0) is 18.0. The van der Waals surface area contributed by atoms with Crippen LogP contribution >= 0.6 is 15.9 Å². The average Bonchev–Trinajstić information content (AvgIpc) is 3.05. The first-order valence-corrected chi connectivity index (χ1v) is 8.38. The summed E-state index contributed by atoms with van der Waals surface area (Å²) >= 11 is 3.44. The van der Waals surface area contributed by atoms with Crippen LogP contribution in [-0.4, -0.2) is 13.0 Å². The number of aryl methyl sites for hydroxylation is 1. The second-order valence-electron chi connectivity index (χ2n) is 5.54. The maximum atomic E-state index is 12.5. The number of nitrogens with two attached hydrogens (primary N) is 1. The molecule has 3 N–H and O–H groups in total. The van der Waals surface area contributed by atoms with Crippen molar-refractivity contribution >= 4 is 33.2 Å². The van der Waals surface area contributed by atoms with E-state index in [0.717, 1.165) is 15.6 Å². The Hall–Kier alpha value is -2.73. The van der Waals surface area contributed by atoms with Gasteiger partial charge in [-0.2, -0.15) is 0 Å². The summed E-state index contributed by atoms with van der Waals surface area (Å²) in [5.41, 5.74) is 8.78. The van der Waals surface area contributed by atoms with Crippen LogP contribution in [0.1, 0.15) is 16.1 Å². The van der Waals surface area contributed by atoms with Crippen LogP contribution in [0.3, 0.4) is 0 Å². The third kappa shape index (κ3) is 3.69. The van der Waals surface area contributed by atoms with Gasteiger partial charge >= 0.3 is 0 Å². The number of nitrogens with one attached hydrogen (secondary N) is 1. The molecule has 0 aliphatic heterocycles. The minimum absolute atomic E-state index is 0.210. The molecule has 128 valence electrons. The summed E-state index contributed by atoms with van der Waals surface area (Å²) in [6.07, 6.45) is 0. The SMILES string of the molecule is COc1ccc(N)cc1NC(=O)c1ccc(-c2ccc(Br)cc2C)o1. The van der Waals surface area contributed by atoms with E-state index in [2.05, 4.69) is 21.2 Å². The van der Waals surface area contributed by atoms with Crippen LogP contribution < -0.4 is 15.8 Å². The topological polar surface area (TPSA) is 77.5 Å². The van der Waals surface area contributed by atoms with E-state index in [4.69, 9.17) is 14.9 Å². The van der Waals surface area contributed by atoms with Crippen molar-refractivity contribution in [2.45, 2.75) is 6.92 Å². The first kappa shape index (κ1) is 17.1. The van der Waals surface area contributed by atoms with Gasteiger partial charge in [-0.05, 0) is 61.0 Å². The van der Waals surface area contributed by atoms with E-state index < -0.39 is 0 Å². The van der Waals surface area contributed by atoms with Gasteiger partial charge in [0, 0.05) is 15.7 Å². The molecule has 3 aromatic rings. The summed E-state index contributed by atoms with van der Waals surface area (Å²) < 4.78 is 12.0. The minimum atomic E-state index is -0.370. The Bertz CT molecular complexity index is 934. The highest BCUT2D eigenvalue weighted by molar-refractivity contribution is 9.10. The largest absolute Gasteiger partial charge is 0.495 e. The Morgan fingerprint density at radius 3 is 2.68 bits per heavy atom. The number of methoxy groups -OCH3 is 1. The van der Waals surface area contributed by atoms with Crippen LogP contribution in [0.25, 0.3) is 11.3 Å². The Morgan fingerprint density at radius 2 is 1.96 bits per heavy atom. The minimum Gasteiger partial charge on any atom is -0.495 e. The van der Waals surface area contributed by atoms with Crippen molar-refractivity contribution in [3.63, 3.8) is 0 Å². The lowest BCUT2D eigenvalue weighted by Crippen LogP contribution is -2.12. The molecule has 5 nitrogen and oxygen atoms in total. The van der Waals surface area contributed by atoms with Gasteiger partial charge in [-0.1, -0.05) is 15.9 Å². The summed E-state index contributed by atoms with van der Waals surface area (Å²) in [5, 5.41) is 2.76. The standard InChI is InChI=1S/C19H17BrN2O3/c1-11-9-12(20)3-5-14(11)16-7-8-18(25-16)19(23)22-15-10-13(21)4-6-17(15)24-2/h3-10H,21H2,1-2H3,(H,22,23). The zero-order valence-corrected chi connectivity index (χ0v) is 15.4. The van der Waals surface area contributed by atoms with Crippen molar-refractivity contribution in [3.8, 4) is 17.1 Å². The Morgan fingerprint density at radius 1 is 1.16 bits per heavy atom. The third-order valence-electron chi connectivity index (χ3n) is 3.76.